The van der Waals surface area contributed by atoms with Crippen LogP contribution in [0.4, 0.5) is 0 Å². The maximum Gasteiger partial charge on any atom is 0.0136 e. The van der Waals surface area contributed by atoms with Crippen molar-refractivity contribution in [3.8, 4) is 0 Å². The van der Waals surface area contributed by atoms with E-state index in [4.69, 9.17) is 0 Å². The molecule has 0 N–H and O–H groups in total. The molecule has 13 heavy (non-hydrogen) atoms. The highest BCUT2D eigenvalue weighted by Crippen LogP contribution is 2.39. The summed E-state index contributed by atoms with van der Waals surface area (Å²) in [4.78, 5) is 2.79. The quantitative estimate of drug-likeness (QED) is 0.630. The van der Waals surface area contributed by atoms with Gasteiger partial charge in [0.1, 0.15) is 0 Å². The van der Waals surface area contributed by atoms with E-state index in [-0.39, 0.29) is 0 Å². The summed E-state index contributed by atoms with van der Waals surface area (Å²) in [5, 5.41) is 0. The van der Waals surface area contributed by atoms with E-state index in [1.165, 1.54) is 58.0 Å². The second kappa shape index (κ2) is 3.27. The van der Waals surface area contributed by atoms with Crippen LogP contribution in [-0.4, -0.2) is 24.0 Å². The van der Waals surface area contributed by atoms with Gasteiger partial charge in [-0.3, -0.25) is 4.90 Å². The largest absolute Gasteiger partial charge is 0.299 e. The van der Waals surface area contributed by atoms with Crippen molar-refractivity contribution in [1.29, 1.82) is 0 Å². The first-order valence-corrected chi connectivity index (χ1v) is 6.17. The van der Waals surface area contributed by atoms with Crippen molar-refractivity contribution in [2.75, 3.05) is 13.1 Å². The molecule has 2 saturated carbocycles. The van der Waals surface area contributed by atoms with Crippen LogP contribution in [0, 0.1) is 11.8 Å². The lowest BCUT2D eigenvalue weighted by Crippen LogP contribution is -2.58. The molecule has 0 radical (unpaired) electrons. The first-order chi connectivity index (χ1) is 6.43. The Bertz CT molecular complexity index is 186. The van der Waals surface area contributed by atoms with Crippen molar-refractivity contribution in [1.82, 2.24) is 4.90 Å². The van der Waals surface area contributed by atoms with Gasteiger partial charge in [0.05, 0.1) is 0 Å². The molecule has 0 amide bonds. The average Bonchev–Trinajstić information content (AvgIpc) is 2.03. The maximum absolute atomic E-state index is 2.79. The number of hydrogen-bond acceptors (Lipinski definition) is 1. The predicted molar refractivity (Wildman–Crippen MR) is 54.7 cm³/mol. The number of rotatable bonds is 2. The summed E-state index contributed by atoms with van der Waals surface area (Å²) in [5.41, 5.74) is 0. The standard InChI is InChI=1S/C12H21N/c1-2-7-12-11(6-1)9-13(12)8-10-4-3-5-10/h10-12H,1-9H2. The average molecular weight is 179 g/mol. The van der Waals surface area contributed by atoms with Crippen molar-refractivity contribution in [3.63, 3.8) is 0 Å². The normalized spacial score (nSPS) is 40.6. The molecule has 0 aromatic carbocycles. The van der Waals surface area contributed by atoms with E-state index < -0.39 is 0 Å². The summed E-state index contributed by atoms with van der Waals surface area (Å²) < 4.78 is 0. The summed E-state index contributed by atoms with van der Waals surface area (Å²) in [6, 6.07) is 1.02. The molecule has 3 fully saturated rings. The Kier molecular flexibility index (Phi) is 2.08. The summed E-state index contributed by atoms with van der Waals surface area (Å²) in [6.45, 7) is 2.89. The van der Waals surface area contributed by atoms with E-state index in [2.05, 4.69) is 4.90 Å². The Morgan fingerprint density at radius 3 is 2.46 bits per heavy atom. The van der Waals surface area contributed by atoms with Crippen LogP contribution in [0.5, 0.6) is 0 Å². The maximum atomic E-state index is 2.79. The molecule has 2 unspecified atom stereocenters. The lowest BCUT2D eigenvalue weighted by Gasteiger charge is -2.53. The minimum absolute atomic E-state index is 1.02. The Hall–Kier alpha value is -0.0400. The monoisotopic (exact) mass is 179 g/mol. The molecule has 1 heteroatoms. The first kappa shape index (κ1) is 8.28. The molecule has 0 spiro atoms. The summed E-state index contributed by atoms with van der Waals surface area (Å²) in [5.74, 6) is 2.19. The lowest BCUT2D eigenvalue weighted by atomic mass is 9.75. The van der Waals surface area contributed by atoms with Gasteiger partial charge in [-0.15, -0.1) is 0 Å². The number of fused-ring (bicyclic) bond motifs is 1. The molecular formula is C12H21N. The molecule has 0 aromatic heterocycles. The fourth-order valence-corrected chi connectivity index (χ4v) is 3.40. The second-order valence-corrected chi connectivity index (χ2v) is 5.36. The van der Waals surface area contributed by atoms with Crippen LogP contribution < -0.4 is 0 Å². The molecule has 1 nitrogen and oxygen atoms in total. The molecule has 1 aliphatic heterocycles. The van der Waals surface area contributed by atoms with Crippen LogP contribution in [-0.2, 0) is 0 Å². The van der Waals surface area contributed by atoms with Crippen LogP contribution in [0.2, 0.25) is 0 Å². The van der Waals surface area contributed by atoms with Gasteiger partial charge < -0.3 is 0 Å². The highest BCUT2D eigenvalue weighted by atomic mass is 15.2. The van der Waals surface area contributed by atoms with Gasteiger partial charge in [-0.2, -0.15) is 0 Å². The summed E-state index contributed by atoms with van der Waals surface area (Å²) in [6.07, 6.45) is 10.6. The Morgan fingerprint density at radius 1 is 0.923 bits per heavy atom. The minimum atomic E-state index is 1.02. The lowest BCUT2D eigenvalue weighted by molar-refractivity contribution is -0.0327. The Labute approximate surface area is 81.5 Å². The zero-order valence-electron chi connectivity index (χ0n) is 8.54. The third-order valence-electron chi connectivity index (χ3n) is 4.52. The Balaban J connectivity index is 1.50. The molecule has 3 aliphatic rings. The van der Waals surface area contributed by atoms with E-state index in [0.29, 0.717) is 0 Å². The van der Waals surface area contributed by atoms with E-state index in [1.807, 2.05) is 0 Å². The van der Waals surface area contributed by atoms with E-state index in [0.717, 1.165) is 17.9 Å². The van der Waals surface area contributed by atoms with Gasteiger partial charge in [0, 0.05) is 19.1 Å². The van der Waals surface area contributed by atoms with Crippen molar-refractivity contribution >= 4 is 0 Å². The molecule has 3 rings (SSSR count). The van der Waals surface area contributed by atoms with Gasteiger partial charge >= 0.3 is 0 Å². The molecule has 0 aromatic rings. The molecule has 0 bridgehead atoms. The zero-order valence-corrected chi connectivity index (χ0v) is 8.54. The van der Waals surface area contributed by atoms with E-state index >= 15 is 0 Å². The van der Waals surface area contributed by atoms with Crippen LogP contribution in [0.25, 0.3) is 0 Å². The van der Waals surface area contributed by atoms with Crippen molar-refractivity contribution < 1.29 is 0 Å². The van der Waals surface area contributed by atoms with E-state index in [9.17, 15) is 0 Å². The highest BCUT2D eigenvalue weighted by molar-refractivity contribution is 4.95. The molecule has 2 atom stereocenters. The predicted octanol–water partition coefficient (Wildman–Crippen LogP) is 2.66. The minimum Gasteiger partial charge on any atom is -0.299 e. The van der Waals surface area contributed by atoms with Crippen LogP contribution in [0.15, 0.2) is 0 Å². The van der Waals surface area contributed by atoms with Crippen LogP contribution in [0.1, 0.15) is 44.9 Å². The molecule has 1 saturated heterocycles. The number of nitrogens with zero attached hydrogens (tertiary/aromatic N) is 1. The molecular weight excluding hydrogens is 158 g/mol. The van der Waals surface area contributed by atoms with Crippen molar-refractivity contribution in [2.24, 2.45) is 11.8 Å². The first-order valence-electron chi connectivity index (χ1n) is 6.17. The summed E-state index contributed by atoms with van der Waals surface area (Å²) in [7, 11) is 0. The SMILES string of the molecule is C1CC(CN2CC3CCCCC32)C1. The van der Waals surface area contributed by atoms with Crippen LogP contribution in [0.3, 0.4) is 0 Å². The van der Waals surface area contributed by atoms with Gasteiger partial charge in [-0.25, -0.2) is 0 Å². The third-order valence-corrected chi connectivity index (χ3v) is 4.52. The molecule has 74 valence electrons. The molecule has 1 heterocycles. The fraction of sp³-hybridized carbons (Fsp3) is 1.00. The second-order valence-electron chi connectivity index (χ2n) is 5.36. The van der Waals surface area contributed by atoms with E-state index in [1.54, 1.807) is 0 Å². The van der Waals surface area contributed by atoms with Crippen LogP contribution >= 0.6 is 0 Å². The van der Waals surface area contributed by atoms with Crippen molar-refractivity contribution in [2.45, 2.75) is 51.0 Å². The number of likely N-dealkylation sites (tertiary alicyclic amines) is 1. The smallest absolute Gasteiger partial charge is 0.0136 e. The zero-order chi connectivity index (χ0) is 8.67. The number of hydrogen-bond donors (Lipinski definition) is 0. The van der Waals surface area contributed by atoms with Gasteiger partial charge in [0.25, 0.3) is 0 Å². The van der Waals surface area contributed by atoms with Gasteiger partial charge in [0.2, 0.25) is 0 Å². The Morgan fingerprint density at radius 2 is 1.77 bits per heavy atom. The fourth-order valence-electron chi connectivity index (χ4n) is 3.40. The van der Waals surface area contributed by atoms with Gasteiger partial charge in [-0.1, -0.05) is 19.3 Å². The van der Waals surface area contributed by atoms with Crippen molar-refractivity contribution in [3.05, 3.63) is 0 Å². The van der Waals surface area contributed by atoms with Gasteiger partial charge in [-0.05, 0) is 37.5 Å². The topological polar surface area (TPSA) is 3.24 Å². The molecule has 2 aliphatic carbocycles. The third kappa shape index (κ3) is 1.41. The summed E-state index contributed by atoms with van der Waals surface area (Å²) >= 11 is 0. The highest BCUT2D eigenvalue weighted by Gasteiger charge is 2.40. The van der Waals surface area contributed by atoms with Gasteiger partial charge in [0.15, 0.2) is 0 Å².